The Kier molecular flexibility index (Phi) is 3.58. The van der Waals surface area contributed by atoms with E-state index in [0.29, 0.717) is 23.8 Å². The minimum absolute atomic E-state index is 0.345. The summed E-state index contributed by atoms with van der Waals surface area (Å²) in [5, 5.41) is 0. The number of likely N-dealkylation sites (tertiary alicyclic amines) is 1. The molecule has 0 radical (unpaired) electrons. The number of hydrogen-bond acceptors (Lipinski definition) is 1. The van der Waals surface area contributed by atoms with Crippen molar-refractivity contribution in [1.29, 1.82) is 0 Å². The molecule has 2 aliphatic rings. The van der Waals surface area contributed by atoms with Crippen LogP contribution in [0, 0.1) is 11.8 Å². The highest BCUT2D eigenvalue weighted by molar-refractivity contribution is 5.82. The SMILES string of the molecule is CC1CC1C(=O)N1CCCC1CCc1ccccc1. The summed E-state index contributed by atoms with van der Waals surface area (Å²) >= 11 is 0. The molecule has 3 unspecified atom stereocenters. The molecule has 2 fully saturated rings. The summed E-state index contributed by atoms with van der Waals surface area (Å²) in [5.74, 6) is 1.41. The summed E-state index contributed by atoms with van der Waals surface area (Å²) in [6.07, 6.45) is 5.71. The van der Waals surface area contributed by atoms with E-state index in [1.165, 1.54) is 18.4 Å². The lowest BCUT2D eigenvalue weighted by atomic mass is 10.0. The predicted molar refractivity (Wildman–Crippen MR) is 76.8 cm³/mol. The van der Waals surface area contributed by atoms with Crippen molar-refractivity contribution in [2.75, 3.05) is 6.54 Å². The van der Waals surface area contributed by atoms with Crippen LogP contribution >= 0.6 is 0 Å². The fourth-order valence-electron chi connectivity index (χ4n) is 3.28. The van der Waals surface area contributed by atoms with E-state index in [1.807, 2.05) is 0 Å². The molecule has 0 N–H and O–H groups in total. The van der Waals surface area contributed by atoms with E-state index in [-0.39, 0.29) is 0 Å². The average molecular weight is 257 g/mol. The van der Waals surface area contributed by atoms with Crippen molar-refractivity contribution in [2.45, 2.75) is 45.1 Å². The molecule has 1 aromatic rings. The van der Waals surface area contributed by atoms with Gasteiger partial charge in [0.2, 0.25) is 5.91 Å². The third-order valence-electron chi connectivity index (χ3n) is 4.70. The minimum atomic E-state index is 0.345. The molecule has 2 heteroatoms. The van der Waals surface area contributed by atoms with Gasteiger partial charge in [0, 0.05) is 18.5 Å². The summed E-state index contributed by atoms with van der Waals surface area (Å²) < 4.78 is 0. The molecule has 102 valence electrons. The van der Waals surface area contributed by atoms with Gasteiger partial charge in [0.1, 0.15) is 0 Å². The molecular formula is C17H23NO. The van der Waals surface area contributed by atoms with Crippen molar-refractivity contribution in [3.05, 3.63) is 35.9 Å². The number of nitrogens with zero attached hydrogens (tertiary/aromatic N) is 1. The van der Waals surface area contributed by atoms with Gasteiger partial charge in [0.15, 0.2) is 0 Å². The lowest BCUT2D eigenvalue weighted by Crippen LogP contribution is -2.37. The fraction of sp³-hybridized carbons (Fsp3) is 0.588. The molecule has 1 amide bonds. The van der Waals surface area contributed by atoms with Crippen molar-refractivity contribution in [3.63, 3.8) is 0 Å². The van der Waals surface area contributed by atoms with Crippen LogP contribution in [0.15, 0.2) is 30.3 Å². The predicted octanol–water partition coefficient (Wildman–Crippen LogP) is 3.27. The highest BCUT2D eigenvalue weighted by Crippen LogP contribution is 2.40. The summed E-state index contributed by atoms with van der Waals surface area (Å²) in [6, 6.07) is 11.1. The van der Waals surface area contributed by atoms with E-state index in [0.717, 1.165) is 25.8 Å². The molecular weight excluding hydrogens is 234 g/mol. The maximum absolute atomic E-state index is 12.4. The number of carbonyl (C=O) groups excluding carboxylic acids is 1. The first-order valence-electron chi connectivity index (χ1n) is 7.60. The quantitative estimate of drug-likeness (QED) is 0.810. The van der Waals surface area contributed by atoms with Crippen molar-refractivity contribution < 1.29 is 4.79 Å². The smallest absolute Gasteiger partial charge is 0.226 e. The highest BCUT2D eigenvalue weighted by atomic mass is 16.2. The minimum Gasteiger partial charge on any atom is -0.339 e. The lowest BCUT2D eigenvalue weighted by Gasteiger charge is -2.25. The standard InChI is InChI=1S/C17H23NO/c1-13-12-16(13)17(19)18-11-5-8-15(18)10-9-14-6-3-2-4-7-14/h2-4,6-7,13,15-16H,5,8-12H2,1H3. The Balaban J connectivity index is 1.56. The van der Waals surface area contributed by atoms with Crippen LogP contribution in [0.25, 0.3) is 0 Å². The Morgan fingerprint density at radius 3 is 2.74 bits per heavy atom. The van der Waals surface area contributed by atoms with E-state index >= 15 is 0 Å². The van der Waals surface area contributed by atoms with E-state index in [1.54, 1.807) is 0 Å². The summed E-state index contributed by atoms with van der Waals surface area (Å²) in [6.45, 7) is 3.18. The normalized spacial score (nSPS) is 29.5. The molecule has 3 atom stereocenters. The fourth-order valence-corrected chi connectivity index (χ4v) is 3.28. The maximum Gasteiger partial charge on any atom is 0.226 e. The Hall–Kier alpha value is -1.31. The first kappa shape index (κ1) is 12.7. The maximum atomic E-state index is 12.4. The van der Waals surface area contributed by atoms with Crippen LogP contribution in [0.1, 0.15) is 38.2 Å². The Morgan fingerprint density at radius 2 is 2.05 bits per heavy atom. The molecule has 1 aliphatic carbocycles. The second-order valence-electron chi connectivity index (χ2n) is 6.17. The number of hydrogen-bond donors (Lipinski definition) is 0. The molecule has 1 saturated heterocycles. The first-order valence-corrected chi connectivity index (χ1v) is 7.60. The molecule has 1 aliphatic heterocycles. The second-order valence-corrected chi connectivity index (χ2v) is 6.17. The van der Waals surface area contributed by atoms with Crippen LogP contribution in [-0.4, -0.2) is 23.4 Å². The largest absolute Gasteiger partial charge is 0.339 e. The number of aryl methyl sites for hydroxylation is 1. The molecule has 0 spiro atoms. The molecule has 2 nitrogen and oxygen atoms in total. The zero-order valence-electron chi connectivity index (χ0n) is 11.7. The molecule has 1 saturated carbocycles. The van der Waals surface area contributed by atoms with Gasteiger partial charge in [0.25, 0.3) is 0 Å². The third kappa shape index (κ3) is 2.83. The van der Waals surface area contributed by atoms with Crippen molar-refractivity contribution in [2.24, 2.45) is 11.8 Å². The van der Waals surface area contributed by atoms with Crippen LogP contribution in [0.5, 0.6) is 0 Å². The van der Waals surface area contributed by atoms with Gasteiger partial charge in [-0.25, -0.2) is 0 Å². The first-order chi connectivity index (χ1) is 9.25. The van der Waals surface area contributed by atoms with Gasteiger partial charge in [-0.15, -0.1) is 0 Å². The van der Waals surface area contributed by atoms with E-state index in [4.69, 9.17) is 0 Å². The monoisotopic (exact) mass is 257 g/mol. The molecule has 0 aromatic heterocycles. The summed E-state index contributed by atoms with van der Waals surface area (Å²) in [7, 11) is 0. The number of benzene rings is 1. The number of rotatable bonds is 4. The molecule has 3 rings (SSSR count). The summed E-state index contributed by atoms with van der Waals surface area (Å²) in [4.78, 5) is 14.5. The van der Waals surface area contributed by atoms with Gasteiger partial charge in [-0.1, -0.05) is 37.3 Å². The second kappa shape index (κ2) is 5.36. The van der Waals surface area contributed by atoms with Gasteiger partial charge in [0.05, 0.1) is 0 Å². The van der Waals surface area contributed by atoms with Gasteiger partial charge >= 0.3 is 0 Å². The van der Waals surface area contributed by atoms with Gasteiger partial charge in [-0.2, -0.15) is 0 Å². The molecule has 19 heavy (non-hydrogen) atoms. The molecule has 1 heterocycles. The van der Waals surface area contributed by atoms with Crippen molar-refractivity contribution in [1.82, 2.24) is 4.90 Å². The number of carbonyl (C=O) groups is 1. The topological polar surface area (TPSA) is 20.3 Å². The Morgan fingerprint density at radius 1 is 1.32 bits per heavy atom. The van der Waals surface area contributed by atoms with Gasteiger partial charge < -0.3 is 4.90 Å². The Bertz CT molecular complexity index is 442. The van der Waals surface area contributed by atoms with Gasteiger partial charge in [-0.3, -0.25) is 4.79 Å². The van der Waals surface area contributed by atoms with Crippen LogP contribution < -0.4 is 0 Å². The Labute approximate surface area is 115 Å². The average Bonchev–Trinajstić information content (AvgIpc) is 2.99. The van der Waals surface area contributed by atoms with Crippen LogP contribution in [0.3, 0.4) is 0 Å². The molecule has 0 bridgehead atoms. The summed E-state index contributed by atoms with van der Waals surface area (Å²) in [5.41, 5.74) is 1.39. The van der Waals surface area contributed by atoms with E-state index < -0.39 is 0 Å². The highest BCUT2D eigenvalue weighted by Gasteiger charge is 2.43. The van der Waals surface area contributed by atoms with E-state index in [9.17, 15) is 4.79 Å². The van der Waals surface area contributed by atoms with Crippen molar-refractivity contribution in [3.8, 4) is 0 Å². The zero-order valence-corrected chi connectivity index (χ0v) is 11.7. The third-order valence-corrected chi connectivity index (χ3v) is 4.70. The van der Waals surface area contributed by atoms with E-state index in [2.05, 4.69) is 42.2 Å². The zero-order chi connectivity index (χ0) is 13.2. The van der Waals surface area contributed by atoms with Gasteiger partial charge in [-0.05, 0) is 43.6 Å². The lowest BCUT2D eigenvalue weighted by molar-refractivity contribution is -0.133. The van der Waals surface area contributed by atoms with Crippen LogP contribution in [-0.2, 0) is 11.2 Å². The van der Waals surface area contributed by atoms with Crippen LogP contribution in [0.4, 0.5) is 0 Å². The molecule has 1 aromatic carbocycles. The van der Waals surface area contributed by atoms with Crippen LogP contribution in [0.2, 0.25) is 0 Å². The van der Waals surface area contributed by atoms with Crippen molar-refractivity contribution >= 4 is 5.91 Å². The number of amides is 1.